The molecule has 2 saturated heterocycles. The molecule has 1 spiro atoms. The van der Waals surface area contributed by atoms with Gasteiger partial charge in [-0.3, -0.25) is 9.59 Å². The summed E-state index contributed by atoms with van der Waals surface area (Å²) in [5.74, 6) is -0.504. The molecule has 3 aliphatic rings. The third-order valence-electron chi connectivity index (χ3n) is 7.17. The minimum absolute atomic E-state index is 0.00317. The number of H-pyrrole nitrogens is 1. The van der Waals surface area contributed by atoms with Crippen LogP contribution in [0.4, 0.5) is 5.69 Å². The molecular formula is C26H25N3O4. The predicted octanol–water partition coefficient (Wildman–Crippen LogP) is 3.14. The van der Waals surface area contributed by atoms with Gasteiger partial charge in [-0.25, -0.2) is 0 Å². The molecule has 6 rings (SSSR count). The minimum atomic E-state index is -0.704. The molecule has 7 nitrogen and oxygen atoms in total. The number of carbonyl (C=O) groups is 2. The molecule has 0 radical (unpaired) electrons. The van der Waals surface area contributed by atoms with Gasteiger partial charge in [0.1, 0.15) is 11.4 Å². The van der Waals surface area contributed by atoms with Crippen LogP contribution in [-0.4, -0.2) is 53.6 Å². The molecule has 2 bridgehead atoms. The summed E-state index contributed by atoms with van der Waals surface area (Å²) in [6.45, 7) is 1.08. The quantitative estimate of drug-likeness (QED) is 0.574. The number of rotatable bonds is 6. The zero-order valence-corrected chi connectivity index (χ0v) is 18.3. The van der Waals surface area contributed by atoms with E-state index < -0.39 is 17.4 Å². The van der Waals surface area contributed by atoms with Crippen LogP contribution < -0.4 is 10.1 Å². The van der Waals surface area contributed by atoms with Gasteiger partial charge < -0.3 is 24.7 Å². The molecule has 168 valence electrons. The molecule has 2 amide bonds. The van der Waals surface area contributed by atoms with Gasteiger partial charge in [-0.1, -0.05) is 30.4 Å². The van der Waals surface area contributed by atoms with Crippen molar-refractivity contribution < 1.29 is 19.1 Å². The smallest absolute Gasteiger partial charge is 0.231 e. The fraction of sp³-hybridized carbons (Fsp3) is 0.308. The number of carbonyl (C=O) groups excluding carboxylic acids is 2. The summed E-state index contributed by atoms with van der Waals surface area (Å²) < 4.78 is 11.4. The van der Waals surface area contributed by atoms with Crippen molar-refractivity contribution in [3.05, 3.63) is 72.4 Å². The Bertz CT molecular complexity index is 1260. The van der Waals surface area contributed by atoms with E-state index in [1.807, 2.05) is 41.4 Å². The number of para-hydroxylation sites is 1. The summed E-state index contributed by atoms with van der Waals surface area (Å²) in [6, 6.07) is 15.3. The third-order valence-corrected chi connectivity index (χ3v) is 7.17. The first kappa shape index (κ1) is 20.1. The van der Waals surface area contributed by atoms with Gasteiger partial charge in [0.2, 0.25) is 11.8 Å². The zero-order valence-electron chi connectivity index (χ0n) is 18.3. The highest BCUT2D eigenvalue weighted by molar-refractivity contribution is 5.99. The van der Waals surface area contributed by atoms with Crippen LogP contribution in [0, 0.1) is 11.8 Å². The van der Waals surface area contributed by atoms with Gasteiger partial charge in [0, 0.05) is 29.3 Å². The number of nitrogens with zero attached hydrogens (tertiary/aromatic N) is 1. The van der Waals surface area contributed by atoms with Crippen molar-refractivity contribution in [2.24, 2.45) is 11.8 Å². The average molecular weight is 444 g/mol. The van der Waals surface area contributed by atoms with Crippen molar-refractivity contribution in [2.45, 2.75) is 18.1 Å². The number of anilines is 1. The van der Waals surface area contributed by atoms with E-state index in [9.17, 15) is 9.59 Å². The van der Waals surface area contributed by atoms with E-state index in [0.29, 0.717) is 18.8 Å². The van der Waals surface area contributed by atoms with Crippen LogP contribution in [-0.2, 0) is 20.7 Å². The minimum Gasteiger partial charge on any atom is -0.497 e. The highest BCUT2D eigenvalue weighted by Gasteiger charge is 2.66. The normalized spacial score (nSPS) is 27.4. The maximum absolute atomic E-state index is 13.5. The summed E-state index contributed by atoms with van der Waals surface area (Å²) in [5, 5.41) is 4.13. The molecule has 0 saturated carbocycles. The van der Waals surface area contributed by atoms with Crippen molar-refractivity contribution in [3.63, 3.8) is 0 Å². The van der Waals surface area contributed by atoms with E-state index in [0.717, 1.165) is 17.7 Å². The maximum Gasteiger partial charge on any atom is 0.231 e. The van der Waals surface area contributed by atoms with Crippen LogP contribution in [0.5, 0.6) is 5.75 Å². The summed E-state index contributed by atoms with van der Waals surface area (Å²) >= 11 is 0. The highest BCUT2D eigenvalue weighted by atomic mass is 16.5. The van der Waals surface area contributed by atoms with Crippen molar-refractivity contribution >= 4 is 28.4 Å². The molecule has 3 aliphatic heterocycles. The third kappa shape index (κ3) is 3.15. The Morgan fingerprint density at radius 3 is 2.88 bits per heavy atom. The van der Waals surface area contributed by atoms with Gasteiger partial charge in [-0.2, -0.15) is 0 Å². The Kier molecular flexibility index (Phi) is 4.55. The molecule has 2 fully saturated rings. The van der Waals surface area contributed by atoms with E-state index in [1.165, 1.54) is 10.9 Å². The summed E-state index contributed by atoms with van der Waals surface area (Å²) in [4.78, 5) is 31.8. The Labute approximate surface area is 191 Å². The largest absolute Gasteiger partial charge is 0.497 e. The Morgan fingerprint density at radius 1 is 1.24 bits per heavy atom. The number of hydrogen-bond donors (Lipinski definition) is 2. The number of benzene rings is 2. The van der Waals surface area contributed by atoms with Gasteiger partial charge in [-0.15, -0.1) is 0 Å². The zero-order chi connectivity index (χ0) is 22.6. The fourth-order valence-electron chi connectivity index (χ4n) is 5.56. The predicted molar refractivity (Wildman–Crippen MR) is 124 cm³/mol. The second-order valence-electron chi connectivity index (χ2n) is 8.99. The van der Waals surface area contributed by atoms with Crippen molar-refractivity contribution in [2.75, 3.05) is 25.5 Å². The maximum atomic E-state index is 13.5. The molecule has 1 aromatic heterocycles. The first-order valence-corrected chi connectivity index (χ1v) is 11.2. The molecule has 33 heavy (non-hydrogen) atoms. The number of aromatic nitrogens is 1. The standard InChI is InChI=1S/C26H25N3O4/c1-32-18-8-6-17(7-9-18)28-24(30)22-21-10-12-26(33-21)15-29(25(31)23(22)26)13-11-16-14-27-20-5-3-2-4-19(16)20/h2-10,12,14,21-23,27H,11,13,15H2,1H3,(H,28,30)/t21-,22-,23-,26+/m1/s1. The monoisotopic (exact) mass is 443 g/mol. The van der Waals surface area contributed by atoms with E-state index >= 15 is 0 Å². The first-order valence-electron chi connectivity index (χ1n) is 11.2. The Balaban J connectivity index is 1.18. The summed E-state index contributed by atoms with van der Waals surface area (Å²) in [5.41, 5.74) is 2.24. The average Bonchev–Trinajstić information content (AvgIpc) is 3.58. The highest BCUT2D eigenvalue weighted by Crippen LogP contribution is 2.52. The van der Waals surface area contributed by atoms with Crippen LogP contribution in [0.25, 0.3) is 10.9 Å². The molecule has 3 aromatic rings. The molecule has 7 heteroatoms. The topological polar surface area (TPSA) is 83.7 Å². The molecular weight excluding hydrogens is 418 g/mol. The molecule has 2 aromatic carbocycles. The Hall–Kier alpha value is -3.58. The van der Waals surface area contributed by atoms with Crippen molar-refractivity contribution in [1.29, 1.82) is 0 Å². The number of ether oxygens (including phenoxy) is 2. The molecule has 0 unspecified atom stereocenters. The number of aromatic amines is 1. The lowest BCUT2D eigenvalue weighted by molar-refractivity contribution is -0.135. The van der Waals surface area contributed by atoms with Gasteiger partial charge in [0.15, 0.2) is 0 Å². The molecule has 2 N–H and O–H groups in total. The van der Waals surface area contributed by atoms with Crippen molar-refractivity contribution in [1.82, 2.24) is 9.88 Å². The van der Waals surface area contributed by atoms with E-state index in [1.54, 1.807) is 31.4 Å². The SMILES string of the molecule is COc1ccc(NC(=O)[C@@H]2[C@H]3C=C[C@@]4(CN(CCc5c[nH]c6ccccc56)C(=O)[C@@H]24)O3)cc1. The van der Waals surface area contributed by atoms with Gasteiger partial charge in [0.05, 0.1) is 31.6 Å². The van der Waals surface area contributed by atoms with Crippen LogP contribution in [0.2, 0.25) is 0 Å². The van der Waals surface area contributed by atoms with E-state index in [2.05, 4.69) is 16.4 Å². The number of fused-ring (bicyclic) bond motifs is 2. The first-order chi connectivity index (χ1) is 16.1. The van der Waals surface area contributed by atoms with Crippen LogP contribution >= 0.6 is 0 Å². The lowest BCUT2D eigenvalue weighted by Gasteiger charge is -2.23. The van der Waals surface area contributed by atoms with E-state index in [-0.39, 0.29) is 17.9 Å². The molecule has 0 aliphatic carbocycles. The van der Waals surface area contributed by atoms with Gasteiger partial charge in [0.25, 0.3) is 0 Å². The molecule has 4 heterocycles. The number of methoxy groups -OCH3 is 1. The number of hydrogen-bond acceptors (Lipinski definition) is 4. The second-order valence-corrected chi connectivity index (χ2v) is 8.99. The molecule has 4 atom stereocenters. The summed E-state index contributed by atoms with van der Waals surface area (Å²) in [7, 11) is 1.60. The number of amides is 2. The fourth-order valence-corrected chi connectivity index (χ4v) is 5.56. The lowest BCUT2D eigenvalue weighted by atomic mass is 9.77. The van der Waals surface area contributed by atoms with Gasteiger partial charge in [-0.05, 0) is 42.3 Å². The van der Waals surface area contributed by atoms with Crippen LogP contribution in [0.1, 0.15) is 5.56 Å². The second kappa shape index (κ2) is 7.49. The van der Waals surface area contributed by atoms with Crippen LogP contribution in [0.3, 0.4) is 0 Å². The Morgan fingerprint density at radius 2 is 2.06 bits per heavy atom. The number of likely N-dealkylation sites (tertiary alicyclic amines) is 1. The van der Waals surface area contributed by atoms with Crippen molar-refractivity contribution in [3.8, 4) is 5.75 Å². The summed E-state index contributed by atoms with van der Waals surface area (Å²) in [6.07, 6.45) is 6.31. The van der Waals surface area contributed by atoms with Crippen LogP contribution in [0.15, 0.2) is 66.9 Å². The lowest BCUT2D eigenvalue weighted by Crippen LogP contribution is -2.41. The van der Waals surface area contributed by atoms with E-state index in [4.69, 9.17) is 9.47 Å². The van der Waals surface area contributed by atoms with Gasteiger partial charge >= 0.3 is 0 Å². The number of nitrogens with one attached hydrogen (secondary N) is 2.